The first-order chi connectivity index (χ1) is 55.5. The summed E-state index contributed by atoms with van der Waals surface area (Å²) < 4.78 is 0. The zero-order valence-corrected chi connectivity index (χ0v) is 60.3. The van der Waals surface area contributed by atoms with Gasteiger partial charge in [-0.1, -0.05) is 243 Å². The fraction of sp³-hybridized carbons (Fsp3) is 0. The van der Waals surface area contributed by atoms with Crippen molar-refractivity contribution in [2.24, 2.45) is 0 Å². The summed E-state index contributed by atoms with van der Waals surface area (Å²) in [4.78, 5) is 50.0. The van der Waals surface area contributed by atoms with Crippen LogP contribution in [0.3, 0.4) is 0 Å². The molecular weight excluding hydrogens is 1370 g/mol. The Morgan fingerprint density at radius 2 is 0.509 bits per heavy atom. The second kappa shape index (κ2) is 27.5. The summed E-state index contributed by atoms with van der Waals surface area (Å²) >= 11 is 0. The molecule has 0 unspecified atom stereocenters. The predicted molar refractivity (Wildman–Crippen MR) is 460 cm³/mol. The van der Waals surface area contributed by atoms with Gasteiger partial charge < -0.3 is 0 Å². The Bertz CT molecular complexity index is 7310. The van der Waals surface area contributed by atoms with Crippen LogP contribution in [0.25, 0.3) is 221 Å². The van der Waals surface area contributed by atoms with Crippen LogP contribution in [0.5, 0.6) is 0 Å². The Morgan fingerprint density at radius 3 is 0.991 bits per heavy atom. The van der Waals surface area contributed by atoms with Gasteiger partial charge in [0, 0.05) is 79.4 Å². The van der Waals surface area contributed by atoms with Crippen LogP contribution in [0.1, 0.15) is 0 Å². The molecule has 0 radical (unpaired) electrons. The van der Waals surface area contributed by atoms with Crippen LogP contribution in [0.4, 0.5) is 0 Å². The number of benzene rings is 12. The summed E-state index contributed by atoms with van der Waals surface area (Å²) in [6.45, 7) is 0. The van der Waals surface area contributed by atoms with Gasteiger partial charge in [-0.25, -0.2) is 29.9 Å². The second-order valence-electron chi connectivity index (χ2n) is 28.1. The van der Waals surface area contributed by atoms with Gasteiger partial charge in [0.25, 0.3) is 0 Å². The third kappa shape index (κ3) is 11.6. The van der Waals surface area contributed by atoms with E-state index in [-0.39, 0.29) is 0 Å². The third-order valence-corrected chi connectivity index (χ3v) is 21.4. The van der Waals surface area contributed by atoms with E-state index in [4.69, 9.17) is 29.9 Å². The van der Waals surface area contributed by atoms with Gasteiger partial charge in [-0.15, -0.1) is 0 Å². The highest BCUT2D eigenvalue weighted by molar-refractivity contribution is 6.23. The minimum absolute atomic E-state index is 0.791. The number of aromatic nitrogens is 10. The molecule has 12 aromatic carbocycles. The van der Waals surface area contributed by atoms with Crippen molar-refractivity contribution in [2.75, 3.05) is 0 Å². The van der Waals surface area contributed by atoms with Crippen LogP contribution in [-0.4, -0.2) is 49.8 Å². The number of pyridine rings is 10. The monoisotopic (exact) mass is 1430 g/mol. The van der Waals surface area contributed by atoms with Gasteiger partial charge in [0.05, 0.1) is 90.0 Å². The molecule has 10 aromatic heterocycles. The lowest BCUT2D eigenvalue weighted by Gasteiger charge is -2.19. The molecule has 0 bridgehead atoms. The number of hydrogen-bond donors (Lipinski definition) is 0. The molecule has 10 nitrogen and oxygen atoms in total. The average molecular weight is 1430 g/mol. The van der Waals surface area contributed by atoms with Gasteiger partial charge in [0.1, 0.15) is 0 Å². The van der Waals surface area contributed by atoms with Crippen molar-refractivity contribution >= 4 is 109 Å². The highest BCUT2D eigenvalue weighted by Gasteiger charge is 2.23. The largest absolute Gasteiger partial charge is 0.255 e. The normalized spacial score (nSPS) is 11.6. The number of rotatable bonds is 10. The highest BCUT2D eigenvalue weighted by Crippen LogP contribution is 2.47. The van der Waals surface area contributed by atoms with Gasteiger partial charge in [0.2, 0.25) is 0 Å². The molecule has 0 saturated heterocycles. The Morgan fingerprint density at radius 1 is 0.143 bits per heavy atom. The zero-order chi connectivity index (χ0) is 74.0. The number of para-hydroxylation sites is 2. The van der Waals surface area contributed by atoms with Crippen LogP contribution in [0.15, 0.2) is 377 Å². The lowest BCUT2D eigenvalue weighted by Crippen LogP contribution is -1.97. The van der Waals surface area contributed by atoms with Gasteiger partial charge in [-0.3, -0.25) is 19.9 Å². The molecule has 0 saturated carbocycles. The topological polar surface area (TPSA) is 129 Å². The first-order valence-electron chi connectivity index (χ1n) is 37.5. The summed E-state index contributed by atoms with van der Waals surface area (Å²) in [6, 6.07) is 123. The van der Waals surface area contributed by atoms with E-state index in [1.54, 1.807) is 12.4 Å². The van der Waals surface area contributed by atoms with Crippen LogP contribution in [0, 0.1) is 0 Å². The number of hydrogen-bond acceptors (Lipinski definition) is 10. The van der Waals surface area contributed by atoms with Crippen molar-refractivity contribution < 1.29 is 0 Å². The molecular formula is C102H62N10. The second-order valence-corrected chi connectivity index (χ2v) is 28.1. The molecule has 0 aliphatic rings. The van der Waals surface area contributed by atoms with Crippen LogP contribution >= 0.6 is 0 Å². The van der Waals surface area contributed by atoms with Gasteiger partial charge in [0.15, 0.2) is 0 Å². The Kier molecular flexibility index (Phi) is 16.0. The van der Waals surface area contributed by atoms with Crippen molar-refractivity contribution in [3.8, 4) is 113 Å². The lowest BCUT2D eigenvalue weighted by molar-refractivity contribution is 1.22. The zero-order valence-electron chi connectivity index (χ0n) is 60.3. The van der Waals surface area contributed by atoms with Crippen molar-refractivity contribution in [1.82, 2.24) is 49.8 Å². The van der Waals surface area contributed by atoms with E-state index in [0.717, 1.165) is 188 Å². The fourth-order valence-electron chi connectivity index (χ4n) is 16.3. The van der Waals surface area contributed by atoms with E-state index < -0.39 is 0 Å². The van der Waals surface area contributed by atoms with Crippen LogP contribution in [0.2, 0.25) is 0 Å². The van der Waals surface area contributed by atoms with E-state index in [0.29, 0.717) is 0 Å². The van der Waals surface area contributed by atoms with Crippen molar-refractivity contribution in [3.05, 3.63) is 377 Å². The Balaban J connectivity index is 0.000000141. The molecule has 112 heavy (non-hydrogen) atoms. The first-order valence-corrected chi connectivity index (χ1v) is 37.5. The van der Waals surface area contributed by atoms with Crippen LogP contribution < -0.4 is 0 Å². The lowest BCUT2D eigenvalue weighted by atomic mass is 9.86. The maximum absolute atomic E-state index is 5.54. The molecule has 520 valence electrons. The van der Waals surface area contributed by atoms with Crippen LogP contribution in [-0.2, 0) is 0 Å². The molecule has 22 rings (SSSR count). The molecule has 0 fully saturated rings. The predicted octanol–water partition coefficient (Wildman–Crippen LogP) is 25.5. The third-order valence-electron chi connectivity index (χ3n) is 21.4. The average Bonchev–Trinajstić information content (AvgIpc) is 0.731. The number of fused-ring (bicyclic) bond motifs is 13. The summed E-state index contributed by atoms with van der Waals surface area (Å²) in [7, 11) is 0. The van der Waals surface area contributed by atoms with Gasteiger partial charge in [-0.05, 0) is 186 Å². The maximum Gasteiger partial charge on any atom is 0.0978 e. The molecule has 22 aromatic rings. The molecule has 10 heteroatoms. The molecule has 0 atom stereocenters. The molecule has 0 spiro atoms. The number of nitrogens with zero attached hydrogens (tertiary/aromatic N) is 10. The highest BCUT2D eigenvalue weighted by atomic mass is 14.8. The van der Waals surface area contributed by atoms with E-state index in [9.17, 15) is 0 Å². The van der Waals surface area contributed by atoms with Crippen molar-refractivity contribution in [1.29, 1.82) is 0 Å². The van der Waals surface area contributed by atoms with Gasteiger partial charge >= 0.3 is 0 Å². The van der Waals surface area contributed by atoms with Crippen molar-refractivity contribution in [2.45, 2.75) is 0 Å². The smallest absolute Gasteiger partial charge is 0.0978 e. The summed E-state index contributed by atoms with van der Waals surface area (Å²) in [5.41, 5.74) is 24.9. The molecule has 0 amide bonds. The van der Waals surface area contributed by atoms with E-state index in [2.05, 4.69) is 299 Å². The van der Waals surface area contributed by atoms with Crippen molar-refractivity contribution in [3.63, 3.8) is 0 Å². The minimum atomic E-state index is 0.791. The maximum atomic E-state index is 5.54. The molecule has 0 N–H and O–H groups in total. The Labute approximate surface area is 643 Å². The van der Waals surface area contributed by atoms with Gasteiger partial charge in [-0.2, -0.15) is 0 Å². The summed E-state index contributed by atoms with van der Waals surface area (Å²) in [5.74, 6) is 0. The summed E-state index contributed by atoms with van der Waals surface area (Å²) in [6.07, 6.45) is 7.22. The minimum Gasteiger partial charge on any atom is -0.255 e. The van der Waals surface area contributed by atoms with E-state index in [1.165, 1.54) is 32.8 Å². The molecule has 10 heterocycles. The quantitative estimate of drug-likeness (QED) is 0.0964. The standard InChI is InChI=1S/2C51H31N5/c1-2-14-32(15-3-1)47-39-20-8-9-21-41(39)55-51-40(47)26-24-33-25-27-44(56-50(33)51)49-37-18-6-4-16-35(37)48(36-17-5-7-19-38(36)49)34-30-45(42-22-10-12-28-52-42)54-46(31-34)43-23-11-13-29-53-43;1-2-10-33(11-3-1)49-40-12-4-5-13-44(40)56-51-41(49)24-20-34-22-25-43(55-50(34)51)37-19-17-32-16-18-36-28-35(21-23-39(36)42(32)29-37)38-30-47(45-14-6-8-26-52-45)54-48(31-38)46-15-7-9-27-53-46/h2*1-31H. The summed E-state index contributed by atoms with van der Waals surface area (Å²) in [5, 5.41) is 15.8. The van der Waals surface area contributed by atoms with E-state index >= 15 is 0 Å². The molecule has 0 aliphatic heterocycles. The van der Waals surface area contributed by atoms with E-state index in [1.807, 2.05) is 85.2 Å². The first kappa shape index (κ1) is 65.1. The fourth-order valence-corrected chi connectivity index (χ4v) is 16.3. The SMILES string of the molecule is c1ccc(-c2c3ccccc3nc3c2ccc2ccc(-c4c5ccccc5c(-c5cc(-c6ccccn6)nc(-c6ccccn6)c5)c5ccccc45)nc23)cc1.c1ccc(-c2c3ccccc3nc3c2ccc2ccc(-c4ccc5ccc6cc(-c7cc(-c8ccccn8)nc(-c8ccccn8)c7)ccc6c5c4)nc23)cc1. The Hall–Kier alpha value is -15.3. The molecule has 0 aliphatic carbocycles.